The zero-order valence-corrected chi connectivity index (χ0v) is 11.9. The van der Waals surface area contributed by atoms with Crippen LogP contribution < -0.4 is 5.32 Å². The first-order chi connectivity index (χ1) is 9.15. The van der Waals surface area contributed by atoms with Crippen LogP contribution in [0.1, 0.15) is 37.0 Å². The summed E-state index contributed by atoms with van der Waals surface area (Å²) in [6.07, 6.45) is 1.21. The summed E-state index contributed by atoms with van der Waals surface area (Å²) < 4.78 is 1.09. The minimum Gasteiger partial charge on any atom is -0.334 e. The van der Waals surface area contributed by atoms with Crippen molar-refractivity contribution >= 4 is 27.3 Å². The first-order valence-corrected chi connectivity index (χ1v) is 7.23. The molecule has 19 heavy (non-hydrogen) atoms. The van der Waals surface area contributed by atoms with E-state index in [2.05, 4.69) is 11.4 Å². The Balaban J connectivity index is 2.33. The number of carbonyl (C=O) groups is 1. The molecule has 1 amide bonds. The molecule has 3 nitrogen and oxygen atoms in total. The molecular formula is C15H16N2OS. The van der Waals surface area contributed by atoms with Gasteiger partial charge >= 0.3 is 0 Å². The van der Waals surface area contributed by atoms with E-state index in [1.54, 1.807) is 11.3 Å². The highest BCUT2D eigenvalue weighted by atomic mass is 32.1. The molecule has 0 spiro atoms. The SMILES string of the molecule is CCC(C#N)(CC)NC(=O)c1csc2ccccc12. The van der Waals surface area contributed by atoms with Crippen molar-refractivity contribution in [1.29, 1.82) is 5.26 Å². The third kappa shape index (κ3) is 2.47. The van der Waals surface area contributed by atoms with E-state index < -0.39 is 5.54 Å². The maximum Gasteiger partial charge on any atom is 0.254 e. The van der Waals surface area contributed by atoms with Crippen molar-refractivity contribution in [3.63, 3.8) is 0 Å². The second-order valence-electron chi connectivity index (χ2n) is 4.50. The Morgan fingerprint density at radius 1 is 1.37 bits per heavy atom. The quantitative estimate of drug-likeness (QED) is 0.922. The number of nitrogens with zero attached hydrogens (tertiary/aromatic N) is 1. The molecule has 1 heterocycles. The highest BCUT2D eigenvalue weighted by Gasteiger charge is 2.28. The van der Waals surface area contributed by atoms with Crippen molar-refractivity contribution in [2.75, 3.05) is 0 Å². The molecule has 0 aliphatic rings. The van der Waals surface area contributed by atoms with E-state index in [0.29, 0.717) is 18.4 Å². The summed E-state index contributed by atoms with van der Waals surface area (Å²) in [7, 11) is 0. The van der Waals surface area contributed by atoms with Crippen LogP contribution in [0.5, 0.6) is 0 Å². The first kappa shape index (κ1) is 13.6. The van der Waals surface area contributed by atoms with Gasteiger partial charge in [0.1, 0.15) is 5.54 Å². The second kappa shape index (κ2) is 5.41. The summed E-state index contributed by atoms with van der Waals surface area (Å²) in [4.78, 5) is 12.4. The molecule has 2 rings (SSSR count). The fraction of sp³-hybridized carbons (Fsp3) is 0.333. The van der Waals surface area contributed by atoms with Gasteiger partial charge in [0, 0.05) is 15.5 Å². The van der Waals surface area contributed by atoms with Crippen molar-refractivity contribution in [2.24, 2.45) is 0 Å². The van der Waals surface area contributed by atoms with Gasteiger partial charge in [-0.1, -0.05) is 32.0 Å². The van der Waals surface area contributed by atoms with Gasteiger partial charge < -0.3 is 5.32 Å². The normalized spacial score (nSPS) is 11.2. The summed E-state index contributed by atoms with van der Waals surface area (Å²) in [5, 5.41) is 15.0. The lowest BCUT2D eigenvalue weighted by Crippen LogP contribution is -2.46. The van der Waals surface area contributed by atoms with Gasteiger partial charge in [-0.3, -0.25) is 4.79 Å². The Kier molecular flexibility index (Phi) is 3.87. The Bertz CT molecular complexity index is 635. The average Bonchev–Trinajstić information content (AvgIpc) is 2.89. The van der Waals surface area contributed by atoms with Crippen LogP contribution in [0.25, 0.3) is 10.1 Å². The minimum absolute atomic E-state index is 0.164. The van der Waals surface area contributed by atoms with E-state index in [1.807, 2.05) is 43.5 Å². The van der Waals surface area contributed by atoms with Gasteiger partial charge in [-0.2, -0.15) is 5.26 Å². The Morgan fingerprint density at radius 2 is 2.05 bits per heavy atom. The number of thiophene rings is 1. The van der Waals surface area contributed by atoms with Crippen LogP contribution in [0.3, 0.4) is 0 Å². The number of rotatable bonds is 4. The molecule has 98 valence electrons. The predicted octanol–water partition coefficient (Wildman–Crippen LogP) is 3.71. The molecule has 0 radical (unpaired) electrons. The zero-order chi connectivity index (χ0) is 13.9. The summed E-state index contributed by atoms with van der Waals surface area (Å²) in [5.41, 5.74) is -0.109. The van der Waals surface area contributed by atoms with Crippen molar-refractivity contribution in [1.82, 2.24) is 5.32 Å². The van der Waals surface area contributed by atoms with Gasteiger partial charge in [0.15, 0.2) is 0 Å². The van der Waals surface area contributed by atoms with Crippen molar-refractivity contribution < 1.29 is 4.79 Å². The third-order valence-electron chi connectivity index (χ3n) is 3.50. The molecule has 0 aliphatic heterocycles. The van der Waals surface area contributed by atoms with Gasteiger partial charge in [0.2, 0.25) is 0 Å². The van der Waals surface area contributed by atoms with E-state index >= 15 is 0 Å². The van der Waals surface area contributed by atoms with E-state index in [-0.39, 0.29) is 5.91 Å². The van der Waals surface area contributed by atoms with Gasteiger partial charge in [0.05, 0.1) is 11.6 Å². The van der Waals surface area contributed by atoms with Crippen molar-refractivity contribution in [2.45, 2.75) is 32.2 Å². The molecule has 0 atom stereocenters. The van der Waals surface area contributed by atoms with E-state index in [4.69, 9.17) is 0 Å². The standard InChI is InChI=1S/C15H16N2OS/c1-3-15(4-2,10-16)17-14(18)12-9-19-13-8-6-5-7-11(12)13/h5-9H,3-4H2,1-2H3,(H,17,18). The Labute approximate surface area is 116 Å². The molecule has 0 fully saturated rings. The highest BCUT2D eigenvalue weighted by Crippen LogP contribution is 2.26. The van der Waals surface area contributed by atoms with Gasteiger partial charge in [-0.25, -0.2) is 0 Å². The molecule has 0 saturated carbocycles. The number of fused-ring (bicyclic) bond motifs is 1. The van der Waals surface area contributed by atoms with Crippen LogP contribution in [0.2, 0.25) is 0 Å². The fourth-order valence-electron chi connectivity index (χ4n) is 2.05. The topological polar surface area (TPSA) is 52.9 Å². The summed E-state index contributed by atoms with van der Waals surface area (Å²) >= 11 is 1.55. The van der Waals surface area contributed by atoms with Crippen LogP contribution in [0.15, 0.2) is 29.6 Å². The first-order valence-electron chi connectivity index (χ1n) is 6.35. The molecular weight excluding hydrogens is 256 g/mol. The third-order valence-corrected chi connectivity index (χ3v) is 4.46. The summed E-state index contributed by atoms with van der Waals surface area (Å²) in [6.45, 7) is 3.83. The minimum atomic E-state index is -0.764. The summed E-state index contributed by atoms with van der Waals surface area (Å²) in [5.74, 6) is -0.164. The predicted molar refractivity (Wildman–Crippen MR) is 78.2 cm³/mol. The molecule has 0 bridgehead atoms. The molecule has 0 unspecified atom stereocenters. The lowest BCUT2D eigenvalue weighted by Gasteiger charge is -2.24. The number of hydrogen-bond acceptors (Lipinski definition) is 3. The number of benzene rings is 1. The molecule has 1 N–H and O–H groups in total. The molecule has 4 heteroatoms. The number of carbonyl (C=O) groups excluding carboxylic acids is 1. The second-order valence-corrected chi connectivity index (χ2v) is 5.41. The Hall–Kier alpha value is -1.86. The number of nitriles is 1. The lowest BCUT2D eigenvalue weighted by atomic mass is 9.94. The largest absolute Gasteiger partial charge is 0.334 e. The fourth-order valence-corrected chi connectivity index (χ4v) is 2.99. The van der Waals surface area contributed by atoms with Crippen LogP contribution >= 0.6 is 11.3 Å². The van der Waals surface area contributed by atoms with Gasteiger partial charge in [0.25, 0.3) is 5.91 Å². The van der Waals surface area contributed by atoms with Crippen LogP contribution in [-0.2, 0) is 0 Å². The number of nitrogens with one attached hydrogen (secondary N) is 1. The average molecular weight is 272 g/mol. The number of amides is 1. The number of hydrogen-bond donors (Lipinski definition) is 1. The zero-order valence-electron chi connectivity index (χ0n) is 11.1. The van der Waals surface area contributed by atoms with Gasteiger partial charge in [-0.05, 0) is 18.9 Å². The lowest BCUT2D eigenvalue weighted by molar-refractivity contribution is 0.0917. The van der Waals surface area contributed by atoms with Gasteiger partial charge in [-0.15, -0.1) is 11.3 Å². The van der Waals surface area contributed by atoms with Crippen LogP contribution in [-0.4, -0.2) is 11.4 Å². The van der Waals surface area contributed by atoms with E-state index in [0.717, 1.165) is 10.1 Å². The van der Waals surface area contributed by atoms with Crippen LogP contribution in [0, 0.1) is 11.3 Å². The smallest absolute Gasteiger partial charge is 0.254 e. The molecule has 1 aromatic carbocycles. The van der Waals surface area contributed by atoms with Crippen molar-refractivity contribution in [3.8, 4) is 6.07 Å². The monoisotopic (exact) mass is 272 g/mol. The molecule has 1 aromatic heterocycles. The molecule has 0 saturated heterocycles. The maximum atomic E-state index is 12.4. The highest BCUT2D eigenvalue weighted by molar-refractivity contribution is 7.17. The van der Waals surface area contributed by atoms with Crippen LogP contribution in [0.4, 0.5) is 0 Å². The van der Waals surface area contributed by atoms with Crippen molar-refractivity contribution in [3.05, 3.63) is 35.2 Å². The van der Waals surface area contributed by atoms with E-state index in [9.17, 15) is 10.1 Å². The maximum absolute atomic E-state index is 12.4. The summed E-state index contributed by atoms with van der Waals surface area (Å²) in [6, 6.07) is 10.0. The Morgan fingerprint density at radius 3 is 2.68 bits per heavy atom. The molecule has 0 aliphatic carbocycles. The van der Waals surface area contributed by atoms with E-state index in [1.165, 1.54) is 0 Å². The molecule has 2 aromatic rings.